The number of carbonyl (C=O) groups is 2. The second-order valence-electron chi connectivity index (χ2n) is 20.5. The zero-order chi connectivity index (χ0) is 52.1. The smallest absolute Gasteiger partial charge is 0.850 e. The number of primary amides is 1. The predicted octanol–water partition coefficient (Wildman–Crippen LogP) is 2.44. The molecule has 5 N–H and O–H groups in total. The van der Waals surface area contributed by atoms with Crippen LogP contribution in [0.4, 0.5) is 17.1 Å². The van der Waals surface area contributed by atoms with Crippen LogP contribution in [0.15, 0.2) is 65.7 Å². The Bertz CT molecular complexity index is 3130. The van der Waals surface area contributed by atoms with Crippen molar-refractivity contribution in [2.45, 2.75) is 112 Å². The normalized spacial score (nSPS) is 16.1. The Hall–Kier alpha value is -5.16. The largest absolute Gasteiger partial charge is 1.00 e. The molecule has 4 fully saturated rings. The van der Waals surface area contributed by atoms with Crippen LogP contribution in [0.25, 0.3) is 33.7 Å². The molecule has 2 aliphatic carbocycles. The Morgan fingerprint density at radius 3 is 1.76 bits per heavy atom. The van der Waals surface area contributed by atoms with E-state index in [1.165, 1.54) is 25.7 Å². The van der Waals surface area contributed by atoms with Crippen molar-refractivity contribution in [1.82, 2.24) is 48.5 Å². The third kappa shape index (κ3) is 14.6. The van der Waals surface area contributed by atoms with Gasteiger partial charge in [0.1, 0.15) is 34.3 Å². The SMILES string of the molecule is CC(C)(C)[O-].CCCCO.Cc1cc2nc(-c3nc4ccc(N5CCN(C6CC6)CC5)cc4c(=O)[nH]3)cn2c(C)n1.Cc1cc2nc(C(=O)Nc3ccc(N4CCN(C5CC5)CC4)cc3C(N)=O)cn2c(C)n1.[K+]. The summed E-state index contributed by atoms with van der Waals surface area (Å²) in [6.07, 6.45) is 10.9. The van der Waals surface area contributed by atoms with Crippen molar-refractivity contribution in [3.05, 3.63) is 106 Å². The minimum Gasteiger partial charge on any atom is -0.850 e. The average molecular weight is 1040 g/mol. The van der Waals surface area contributed by atoms with E-state index < -0.39 is 17.4 Å². The summed E-state index contributed by atoms with van der Waals surface area (Å²) in [5.74, 6) is 1.09. The summed E-state index contributed by atoms with van der Waals surface area (Å²) in [5.41, 5.74) is 12.2. The molecular weight excluding hydrogens is 964 g/mol. The molecule has 2 saturated heterocycles. The quantitative estimate of drug-likeness (QED) is 0.144. The maximum atomic E-state index is 12.9. The van der Waals surface area contributed by atoms with Gasteiger partial charge in [-0.3, -0.25) is 33.0 Å². The average Bonchev–Trinajstić information content (AvgIpc) is 4.29. The number of imidazole rings is 2. The molecule has 7 heterocycles. The maximum Gasteiger partial charge on any atom is 1.00 e. The Labute approximate surface area is 475 Å². The molecule has 0 radical (unpaired) electrons. The van der Waals surface area contributed by atoms with Gasteiger partial charge in [-0.25, -0.2) is 24.9 Å². The van der Waals surface area contributed by atoms with Crippen molar-refractivity contribution >= 4 is 51.1 Å². The molecule has 74 heavy (non-hydrogen) atoms. The van der Waals surface area contributed by atoms with Crippen LogP contribution in [0.2, 0.25) is 0 Å². The topological polar surface area (TPSA) is 235 Å². The van der Waals surface area contributed by atoms with Gasteiger partial charge in [0.05, 0.1) is 22.2 Å². The molecular formula is C54H71KN14O5. The van der Waals surface area contributed by atoms with E-state index >= 15 is 0 Å². The number of H-pyrrole nitrogens is 1. The number of aryl methyl sites for hydroxylation is 4. The van der Waals surface area contributed by atoms with Gasteiger partial charge in [-0.2, -0.15) is 0 Å². The van der Waals surface area contributed by atoms with Gasteiger partial charge in [-0.1, -0.05) is 34.1 Å². The number of aromatic amines is 1. The first-order chi connectivity index (χ1) is 34.8. The van der Waals surface area contributed by atoms with Crippen molar-refractivity contribution in [1.29, 1.82) is 0 Å². The fraction of sp³-hybridized carbons (Fsp3) is 0.481. The van der Waals surface area contributed by atoms with Gasteiger partial charge >= 0.3 is 51.4 Å². The first-order valence-corrected chi connectivity index (χ1v) is 25.6. The number of unbranched alkanes of at least 4 members (excludes halogenated alkanes) is 1. The summed E-state index contributed by atoms with van der Waals surface area (Å²) in [5, 5.41) is 21.6. The number of nitrogens with zero attached hydrogens (tertiary/aromatic N) is 11. The number of fused-ring (bicyclic) bond motifs is 3. The number of nitrogens with two attached hydrogens (primary N) is 1. The van der Waals surface area contributed by atoms with Gasteiger partial charge in [0.15, 0.2) is 5.82 Å². The summed E-state index contributed by atoms with van der Waals surface area (Å²) in [6, 6.07) is 16.7. The molecule has 11 rings (SSSR count). The fourth-order valence-corrected chi connectivity index (χ4v) is 9.19. The summed E-state index contributed by atoms with van der Waals surface area (Å²) in [4.78, 5) is 73.3. The number of anilines is 3. The van der Waals surface area contributed by atoms with Crippen LogP contribution in [0.3, 0.4) is 0 Å². The van der Waals surface area contributed by atoms with E-state index in [4.69, 9.17) is 15.8 Å². The molecule has 0 atom stereocenters. The van der Waals surface area contributed by atoms with Crippen LogP contribution in [-0.4, -0.2) is 142 Å². The van der Waals surface area contributed by atoms with Crippen molar-refractivity contribution in [3.63, 3.8) is 0 Å². The van der Waals surface area contributed by atoms with Crippen molar-refractivity contribution < 1.29 is 71.2 Å². The van der Waals surface area contributed by atoms with Gasteiger partial charge in [-0.05, 0) is 96.2 Å². The van der Waals surface area contributed by atoms with Crippen LogP contribution >= 0.6 is 0 Å². The monoisotopic (exact) mass is 1030 g/mol. The summed E-state index contributed by atoms with van der Waals surface area (Å²) in [7, 11) is 0. The maximum absolute atomic E-state index is 12.9. The van der Waals surface area contributed by atoms with E-state index in [-0.39, 0.29) is 68.2 Å². The molecule has 7 aromatic rings. The number of aliphatic hydroxyl groups is 1. The predicted molar refractivity (Wildman–Crippen MR) is 285 cm³/mol. The van der Waals surface area contributed by atoms with E-state index in [1.807, 2.05) is 68.6 Å². The molecule has 19 nitrogen and oxygen atoms in total. The molecule has 20 heteroatoms. The Balaban J connectivity index is 0.000000181. The number of piperazine rings is 2. The number of aromatic nitrogens is 8. The second-order valence-corrected chi connectivity index (χ2v) is 20.5. The number of benzene rings is 2. The third-order valence-electron chi connectivity index (χ3n) is 13.2. The number of rotatable bonds is 10. The van der Waals surface area contributed by atoms with Gasteiger partial charge < -0.3 is 36.0 Å². The minimum absolute atomic E-state index is 0. The summed E-state index contributed by atoms with van der Waals surface area (Å²) in [6.45, 7) is 23.0. The van der Waals surface area contributed by atoms with E-state index in [2.05, 4.69) is 62.8 Å². The van der Waals surface area contributed by atoms with E-state index in [0.29, 0.717) is 40.4 Å². The van der Waals surface area contributed by atoms with Crippen LogP contribution in [0.5, 0.6) is 0 Å². The zero-order valence-electron chi connectivity index (χ0n) is 44.6. The minimum atomic E-state index is -0.750. The van der Waals surface area contributed by atoms with Gasteiger partial charge in [0.2, 0.25) is 0 Å². The molecule has 2 saturated carbocycles. The molecule has 2 aliphatic heterocycles. The van der Waals surface area contributed by atoms with Crippen molar-refractivity contribution in [2.24, 2.45) is 5.73 Å². The molecule has 0 spiro atoms. The number of hydrogen-bond donors (Lipinski definition) is 4. The van der Waals surface area contributed by atoms with Gasteiger partial charge in [-0.15, -0.1) is 5.60 Å². The molecule has 2 amide bonds. The molecule has 0 bridgehead atoms. The third-order valence-corrected chi connectivity index (χ3v) is 13.2. The van der Waals surface area contributed by atoms with Crippen LogP contribution in [0, 0.1) is 27.7 Å². The van der Waals surface area contributed by atoms with Gasteiger partial charge in [0.25, 0.3) is 17.4 Å². The van der Waals surface area contributed by atoms with E-state index in [9.17, 15) is 19.5 Å². The summed E-state index contributed by atoms with van der Waals surface area (Å²) < 4.78 is 3.68. The zero-order valence-corrected chi connectivity index (χ0v) is 47.7. The molecule has 4 aliphatic rings. The van der Waals surface area contributed by atoms with Crippen LogP contribution in [-0.2, 0) is 0 Å². The van der Waals surface area contributed by atoms with Crippen molar-refractivity contribution in [3.8, 4) is 11.5 Å². The molecule has 388 valence electrons. The number of carbonyl (C=O) groups excluding carboxylic acids is 2. The fourth-order valence-electron chi connectivity index (χ4n) is 9.19. The number of amides is 2. The first-order valence-electron chi connectivity index (χ1n) is 25.6. The molecule has 2 aromatic carbocycles. The van der Waals surface area contributed by atoms with E-state index in [0.717, 1.165) is 117 Å². The first kappa shape index (κ1) is 56.6. The Morgan fingerprint density at radius 2 is 1.26 bits per heavy atom. The number of nitrogens with one attached hydrogen (secondary N) is 2. The van der Waals surface area contributed by atoms with Gasteiger partial charge in [0, 0.05) is 118 Å². The number of aliphatic hydroxyl groups excluding tert-OH is 1. The number of hydrogen-bond acceptors (Lipinski definition) is 14. The van der Waals surface area contributed by atoms with Crippen molar-refractivity contribution in [2.75, 3.05) is 74.1 Å². The Kier molecular flexibility index (Phi) is 18.9. The standard InChI is InChI=1S/C23H27N7O2.C23H25N7O.C4H9O.C4H10O.K/c1-14-11-21-26-20(13-30(21)15(2)25-14)23(32)27-19-6-5-17(12-18(19)22(24)31)29-9-7-28(8-10-29)16-3-4-16;1-14-11-21-25-20(13-30(21)15(2)24-14)22-26-19-6-5-17(12-18(19)23(31)27-22)29-9-7-28(8-10-29)16-3-4-16;1-4(2,3)5;1-2-3-4-5;/h5-6,11-13,16H,3-4,7-10H2,1-2H3,(H2,24,31)(H,27,32);5-6,11-13,16H,3-4,7-10H2,1-2H3,(H,26,27,31);1-3H3;5H,2-4H2,1H3;/q;;-1;;+1. The second kappa shape index (κ2) is 24.7. The van der Waals surface area contributed by atoms with Crippen LogP contribution < -0.4 is 82.9 Å². The molecule has 5 aromatic heterocycles. The Morgan fingerprint density at radius 1 is 0.743 bits per heavy atom. The van der Waals surface area contributed by atoms with E-state index in [1.54, 1.807) is 43.5 Å². The summed E-state index contributed by atoms with van der Waals surface area (Å²) >= 11 is 0. The van der Waals surface area contributed by atoms with Crippen LogP contribution in [0.1, 0.15) is 110 Å². The molecule has 0 unspecified atom stereocenters.